The van der Waals surface area contributed by atoms with Gasteiger partial charge in [0.15, 0.2) is 0 Å². The number of amides is 1. The van der Waals surface area contributed by atoms with Crippen molar-refractivity contribution in [3.63, 3.8) is 0 Å². The smallest absolute Gasteiger partial charge is 0.253 e. The molecule has 28 heavy (non-hydrogen) atoms. The number of carbonyl (C=O) groups is 1. The van der Waals surface area contributed by atoms with Crippen LogP contribution in [0.4, 0.5) is 0 Å². The maximum Gasteiger partial charge on any atom is 0.253 e. The van der Waals surface area contributed by atoms with Crippen molar-refractivity contribution in [1.29, 1.82) is 0 Å². The summed E-state index contributed by atoms with van der Waals surface area (Å²) in [5.41, 5.74) is 2.22. The van der Waals surface area contributed by atoms with Gasteiger partial charge in [-0.05, 0) is 49.4 Å². The maximum atomic E-state index is 13.1. The fourth-order valence-corrected chi connectivity index (χ4v) is 3.89. The number of ether oxygens (including phenoxy) is 1. The van der Waals surface area contributed by atoms with Crippen LogP contribution >= 0.6 is 0 Å². The quantitative estimate of drug-likeness (QED) is 0.630. The standard InChI is InChI=1S/C24H28N2O2/c1-17(2)14-24(3,15-18-9-6-5-7-10-18)26-23(27)19-13-20-21(25-16-19)11-8-12-22(20)28-4/h5-13,16-17H,14-15H2,1-4H3,(H,26,27). The molecule has 0 aliphatic rings. The van der Waals surface area contributed by atoms with Gasteiger partial charge in [-0.15, -0.1) is 0 Å². The van der Waals surface area contributed by atoms with Crippen LogP contribution in [0.2, 0.25) is 0 Å². The zero-order chi connectivity index (χ0) is 20.1. The Labute approximate surface area is 166 Å². The van der Waals surface area contributed by atoms with Crippen LogP contribution in [0, 0.1) is 5.92 Å². The Hall–Kier alpha value is -2.88. The van der Waals surface area contributed by atoms with E-state index in [2.05, 4.69) is 43.2 Å². The van der Waals surface area contributed by atoms with Crippen molar-refractivity contribution in [2.24, 2.45) is 5.92 Å². The second-order valence-electron chi connectivity index (χ2n) is 8.03. The van der Waals surface area contributed by atoms with Crippen LogP contribution in [0.25, 0.3) is 10.9 Å². The Kier molecular flexibility index (Phi) is 5.98. The van der Waals surface area contributed by atoms with E-state index in [1.807, 2.05) is 42.5 Å². The zero-order valence-corrected chi connectivity index (χ0v) is 17.0. The van der Waals surface area contributed by atoms with Gasteiger partial charge in [0.2, 0.25) is 0 Å². The Balaban J connectivity index is 1.88. The predicted octanol–water partition coefficient (Wildman–Crippen LogP) is 5.02. The van der Waals surface area contributed by atoms with Crippen LogP contribution in [0.5, 0.6) is 5.75 Å². The van der Waals surface area contributed by atoms with Gasteiger partial charge in [0, 0.05) is 17.1 Å². The number of hydrogen-bond acceptors (Lipinski definition) is 3. The fraction of sp³-hybridized carbons (Fsp3) is 0.333. The third-order valence-corrected chi connectivity index (χ3v) is 4.88. The summed E-state index contributed by atoms with van der Waals surface area (Å²) in [4.78, 5) is 17.5. The number of nitrogens with zero attached hydrogens (tertiary/aromatic N) is 1. The second-order valence-corrected chi connectivity index (χ2v) is 8.03. The van der Waals surface area contributed by atoms with Crippen LogP contribution in [0.15, 0.2) is 60.8 Å². The molecule has 0 saturated heterocycles. The first-order valence-corrected chi connectivity index (χ1v) is 9.69. The highest BCUT2D eigenvalue weighted by molar-refractivity contribution is 5.98. The summed E-state index contributed by atoms with van der Waals surface area (Å²) < 4.78 is 5.42. The predicted molar refractivity (Wildman–Crippen MR) is 114 cm³/mol. The van der Waals surface area contributed by atoms with Crippen LogP contribution in [0.1, 0.15) is 43.1 Å². The molecule has 0 saturated carbocycles. The molecule has 0 aliphatic heterocycles. The lowest BCUT2D eigenvalue weighted by molar-refractivity contribution is 0.0894. The van der Waals surface area contributed by atoms with Crippen LogP contribution in [-0.2, 0) is 6.42 Å². The van der Waals surface area contributed by atoms with E-state index in [1.54, 1.807) is 13.3 Å². The van der Waals surface area contributed by atoms with E-state index in [4.69, 9.17) is 4.74 Å². The number of carbonyl (C=O) groups excluding carboxylic acids is 1. The van der Waals surface area contributed by atoms with Crippen molar-refractivity contribution in [3.8, 4) is 5.75 Å². The van der Waals surface area contributed by atoms with E-state index < -0.39 is 0 Å². The van der Waals surface area contributed by atoms with E-state index in [0.717, 1.165) is 23.7 Å². The zero-order valence-electron chi connectivity index (χ0n) is 17.0. The summed E-state index contributed by atoms with van der Waals surface area (Å²) in [7, 11) is 1.63. The van der Waals surface area contributed by atoms with E-state index in [0.29, 0.717) is 17.2 Å². The summed E-state index contributed by atoms with van der Waals surface area (Å²) in [5, 5.41) is 4.11. The van der Waals surface area contributed by atoms with Crippen LogP contribution in [0.3, 0.4) is 0 Å². The van der Waals surface area contributed by atoms with Gasteiger partial charge in [0.05, 0.1) is 18.2 Å². The van der Waals surface area contributed by atoms with E-state index in [-0.39, 0.29) is 11.4 Å². The number of hydrogen-bond donors (Lipinski definition) is 1. The number of pyridine rings is 1. The maximum absolute atomic E-state index is 13.1. The van der Waals surface area contributed by atoms with Gasteiger partial charge >= 0.3 is 0 Å². The summed E-state index contributed by atoms with van der Waals surface area (Å²) >= 11 is 0. The average molecular weight is 377 g/mol. The van der Waals surface area contributed by atoms with Gasteiger partial charge in [-0.2, -0.15) is 0 Å². The molecule has 1 heterocycles. The molecule has 146 valence electrons. The number of benzene rings is 2. The SMILES string of the molecule is COc1cccc2ncc(C(=O)NC(C)(Cc3ccccc3)CC(C)C)cc12. The van der Waals surface area contributed by atoms with Gasteiger partial charge in [-0.25, -0.2) is 0 Å². The Bertz CT molecular complexity index is 953. The highest BCUT2D eigenvalue weighted by Crippen LogP contribution is 2.26. The Morgan fingerprint density at radius 1 is 1.14 bits per heavy atom. The average Bonchev–Trinajstić information content (AvgIpc) is 2.66. The lowest BCUT2D eigenvalue weighted by atomic mass is 9.84. The van der Waals surface area contributed by atoms with E-state index in [1.165, 1.54) is 5.56 Å². The molecule has 1 atom stereocenters. The molecule has 0 radical (unpaired) electrons. The molecule has 2 aromatic carbocycles. The minimum Gasteiger partial charge on any atom is -0.496 e. The van der Waals surface area contributed by atoms with Crippen LogP contribution < -0.4 is 10.1 Å². The van der Waals surface area contributed by atoms with Crippen molar-refractivity contribution in [2.45, 2.75) is 39.2 Å². The highest BCUT2D eigenvalue weighted by Gasteiger charge is 2.28. The van der Waals surface area contributed by atoms with Gasteiger partial charge < -0.3 is 10.1 Å². The molecule has 3 rings (SSSR count). The van der Waals surface area contributed by atoms with Gasteiger partial charge in [0.25, 0.3) is 5.91 Å². The molecule has 4 heteroatoms. The first-order chi connectivity index (χ1) is 13.4. The Morgan fingerprint density at radius 3 is 2.57 bits per heavy atom. The molecule has 1 aromatic heterocycles. The van der Waals surface area contributed by atoms with Crippen molar-refractivity contribution >= 4 is 16.8 Å². The second kappa shape index (κ2) is 8.42. The summed E-state index contributed by atoms with van der Waals surface area (Å²) in [6, 6.07) is 17.8. The van der Waals surface area contributed by atoms with Crippen LogP contribution in [-0.4, -0.2) is 23.5 Å². The molecule has 1 unspecified atom stereocenters. The summed E-state index contributed by atoms with van der Waals surface area (Å²) in [6.07, 6.45) is 3.30. The first kappa shape index (κ1) is 19.9. The lowest BCUT2D eigenvalue weighted by Crippen LogP contribution is -2.48. The molecule has 1 amide bonds. The molecule has 4 nitrogen and oxygen atoms in total. The van der Waals surface area contributed by atoms with Crippen molar-refractivity contribution in [3.05, 3.63) is 71.9 Å². The first-order valence-electron chi connectivity index (χ1n) is 9.69. The Morgan fingerprint density at radius 2 is 1.89 bits per heavy atom. The van der Waals surface area contributed by atoms with Gasteiger partial charge in [0.1, 0.15) is 5.75 Å². The van der Waals surface area contributed by atoms with Crippen molar-refractivity contribution < 1.29 is 9.53 Å². The minimum atomic E-state index is -0.345. The van der Waals surface area contributed by atoms with Crippen molar-refractivity contribution in [2.75, 3.05) is 7.11 Å². The number of rotatable bonds is 7. The molecule has 3 aromatic rings. The lowest BCUT2D eigenvalue weighted by Gasteiger charge is -2.33. The molecular weight excluding hydrogens is 348 g/mol. The third kappa shape index (κ3) is 4.69. The molecule has 1 N–H and O–H groups in total. The number of methoxy groups -OCH3 is 1. The summed E-state index contributed by atoms with van der Waals surface area (Å²) in [5.74, 6) is 1.07. The van der Waals surface area contributed by atoms with Gasteiger partial charge in [-0.3, -0.25) is 9.78 Å². The molecule has 0 bridgehead atoms. The normalized spacial score (nSPS) is 13.3. The molecule has 0 fully saturated rings. The third-order valence-electron chi connectivity index (χ3n) is 4.88. The van der Waals surface area contributed by atoms with Gasteiger partial charge in [-0.1, -0.05) is 50.2 Å². The monoisotopic (exact) mass is 376 g/mol. The van der Waals surface area contributed by atoms with Crippen molar-refractivity contribution in [1.82, 2.24) is 10.3 Å². The largest absolute Gasteiger partial charge is 0.496 e. The number of nitrogens with one attached hydrogen (secondary N) is 1. The topological polar surface area (TPSA) is 51.2 Å². The molecular formula is C24H28N2O2. The van der Waals surface area contributed by atoms with E-state index >= 15 is 0 Å². The van der Waals surface area contributed by atoms with E-state index in [9.17, 15) is 4.79 Å². The molecule has 0 aliphatic carbocycles. The number of fused-ring (bicyclic) bond motifs is 1. The highest BCUT2D eigenvalue weighted by atomic mass is 16.5. The summed E-state index contributed by atoms with van der Waals surface area (Å²) in [6.45, 7) is 6.47. The molecule has 0 spiro atoms. The minimum absolute atomic E-state index is 0.112. The number of aromatic nitrogens is 1. The fourth-order valence-electron chi connectivity index (χ4n) is 3.89.